The van der Waals surface area contributed by atoms with Crippen molar-refractivity contribution in [1.29, 1.82) is 0 Å². The van der Waals surface area contributed by atoms with E-state index in [-0.39, 0.29) is 22.8 Å². The molecule has 0 spiro atoms. The SMILES string of the molecule is O=C1CC2Cc3cc(NS(=O)(=O)c4ccccc4)ccc3C2N=N1. The quantitative estimate of drug-likeness (QED) is 0.930. The third-order valence-corrected chi connectivity index (χ3v) is 5.82. The van der Waals surface area contributed by atoms with E-state index in [0.717, 1.165) is 11.1 Å². The van der Waals surface area contributed by atoms with E-state index in [1.807, 2.05) is 12.1 Å². The van der Waals surface area contributed by atoms with Crippen LogP contribution in [0.4, 0.5) is 5.69 Å². The van der Waals surface area contributed by atoms with Crippen LogP contribution in [0.3, 0.4) is 0 Å². The van der Waals surface area contributed by atoms with Gasteiger partial charge in [0.25, 0.3) is 15.9 Å². The van der Waals surface area contributed by atoms with Gasteiger partial charge in [0.1, 0.15) is 6.04 Å². The molecule has 6 nitrogen and oxygen atoms in total. The van der Waals surface area contributed by atoms with E-state index in [0.29, 0.717) is 18.5 Å². The molecule has 1 N–H and O–H groups in total. The standard InChI is InChI=1S/C17H15N3O3S/c21-16-10-12-8-11-9-13(6-7-15(11)17(12)19-18-16)20-24(22,23)14-4-2-1-3-5-14/h1-7,9,12,17,20H,8,10H2. The molecule has 2 aliphatic rings. The van der Waals surface area contributed by atoms with Crippen molar-refractivity contribution in [3.63, 3.8) is 0 Å². The van der Waals surface area contributed by atoms with E-state index in [2.05, 4.69) is 15.0 Å². The number of nitrogens with one attached hydrogen (secondary N) is 1. The summed E-state index contributed by atoms with van der Waals surface area (Å²) in [5, 5.41) is 7.77. The Balaban J connectivity index is 1.62. The van der Waals surface area contributed by atoms with Gasteiger partial charge in [-0.3, -0.25) is 9.52 Å². The lowest BCUT2D eigenvalue weighted by atomic mass is 9.96. The number of carbonyl (C=O) groups is 1. The number of nitrogens with zero attached hydrogens (tertiary/aromatic N) is 2. The van der Waals surface area contributed by atoms with Gasteiger partial charge in [-0.2, -0.15) is 5.11 Å². The van der Waals surface area contributed by atoms with Gasteiger partial charge in [0.2, 0.25) is 0 Å². The number of fused-ring (bicyclic) bond motifs is 3. The van der Waals surface area contributed by atoms with Crippen LogP contribution in [-0.4, -0.2) is 14.3 Å². The molecule has 1 aliphatic carbocycles. The molecule has 7 heteroatoms. The number of carbonyl (C=O) groups excluding carboxylic acids is 1. The minimum absolute atomic E-state index is 0.0857. The number of azo groups is 1. The largest absolute Gasteiger partial charge is 0.280 e. The summed E-state index contributed by atoms with van der Waals surface area (Å²) in [6, 6.07) is 13.6. The van der Waals surface area contributed by atoms with Crippen LogP contribution in [-0.2, 0) is 21.2 Å². The van der Waals surface area contributed by atoms with Crippen LogP contribution >= 0.6 is 0 Å². The van der Waals surface area contributed by atoms with Crippen LogP contribution in [0.1, 0.15) is 23.6 Å². The number of amides is 1. The van der Waals surface area contributed by atoms with Crippen LogP contribution in [0.2, 0.25) is 0 Å². The number of hydrogen-bond acceptors (Lipinski definition) is 4. The molecular weight excluding hydrogens is 326 g/mol. The highest BCUT2D eigenvalue weighted by Crippen LogP contribution is 2.44. The summed E-state index contributed by atoms with van der Waals surface area (Å²) in [7, 11) is -3.61. The molecule has 0 bridgehead atoms. The van der Waals surface area contributed by atoms with E-state index in [9.17, 15) is 13.2 Å². The maximum Gasteiger partial charge on any atom is 0.264 e. The van der Waals surface area contributed by atoms with Crippen molar-refractivity contribution in [2.45, 2.75) is 23.8 Å². The van der Waals surface area contributed by atoms with Crippen LogP contribution < -0.4 is 4.72 Å². The molecule has 2 aromatic carbocycles. The molecule has 4 rings (SSSR count). The Bertz CT molecular complexity index is 939. The second kappa shape index (κ2) is 5.52. The third-order valence-electron chi connectivity index (χ3n) is 4.43. The molecule has 1 amide bonds. The predicted octanol–water partition coefficient (Wildman–Crippen LogP) is 3.08. The maximum atomic E-state index is 12.4. The fourth-order valence-electron chi connectivity index (χ4n) is 3.33. The van der Waals surface area contributed by atoms with Crippen molar-refractivity contribution in [2.75, 3.05) is 4.72 Å². The Hall–Kier alpha value is -2.54. The van der Waals surface area contributed by atoms with Gasteiger partial charge < -0.3 is 0 Å². The summed E-state index contributed by atoms with van der Waals surface area (Å²) in [5.74, 6) is -0.0555. The van der Waals surface area contributed by atoms with Crippen molar-refractivity contribution in [1.82, 2.24) is 0 Å². The predicted molar refractivity (Wildman–Crippen MR) is 88.1 cm³/mol. The summed E-state index contributed by atoms with van der Waals surface area (Å²) in [5.41, 5.74) is 2.56. The van der Waals surface area contributed by atoms with Gasteiger partial charge in [-0.25, -0.2) is 8.42 Å². The van der Waals surface area contributed by atoms with Crippen molar-refractivity contribution in [3.05, 3.63) is 59.7 Å². The van der Waals surface area contributed by atoms with E-state index < -0.39 is 10.0 Å². The highest BCUT2D eigenvalue weighted by Gasteiger charge is 2.36. The highest BCUT2D eigenvalue weighted by atomic mass is 32.2. The lowest BCUT2D eigenvalue weighted by Crippen LogP contribution is -2.14. The van der Waals surface area contributed by atoms with Crippen molar-refractivity contribution in [3.8, 4) is 0 Å². The highest BCUT2D eigenvalue weighted by molar-refractivity contribution is 7.92. The molecular formula is C17H15N3O3S. The summed E-state index contributed by atoms with van der Waals surface area (Å²) in [6.07, 6.45) is 1.11. The zero-order valence-electron chi connectivity index (χ0n) is 12.7. The zero-order chi connectivity index (χ0) is 16.7. The van der Waals surface area contributed by atoms with Crippen molar-refractivity contribution >= 4 is 21.6 Å². The van der Waals surface area contributed by atoms with Gasteiger partial charge in [-0.1, -0.05) is 24.3 Å². The van der Waals surface area contributed by atoms with Crippen LogP contribution in [0.5, 0.6) is 0 Å². The van der Waals surface area contributed by atoms with E-state index >= 15 is 0 Å². The maximum absolute atomic E-state index is 12.4. The molecule has 2 aromatic rings. The average molecular weight is 341 g/mol. The first kappa shape index (κ1) is 15.0. The summed E-state index contributed by atoms with van der Waals surface area (Å²) in [4.78, 5) is 11.6. The lowest BCUT2D eigenvalue weighted by Gasteiger charge is -2.17. The third kappa shape index (κ3) is 2.60. The summed E-state index contributed by atoms with van der Waals surface area (Å²) >= 11 is 0. The number of rotatable bonds is 3. The molecule has 0 aromatic heterocycles. The lowest BCUT2D eigenvalue weighted by molar-refractivity contribution is -0.120. The van der Waals surface area contributed by atoms with Gasteiger partial charge in [-0.15, -0.1) is 5.11 Å². The van der Waals surface area contributed by atoms with Gasteiger partial charge >= 0.3 is 0 Å². The first-order valence-corrected chi connectivity index (χ1v) is 9.16. The molecule has 1 heterocycles. The molecule has 1 aliphatic heterocycles. The zero-order valence-corrected chi connectivity index (χ0v) is 13.5. The summed E-state index contributed by atoms with van der Waals surface area (Å²) in [6.45, 7) is 0. The second-order valence-corrected chi connectivity index (χ2v) is 7.74. The number of sulfonamides is 1. The molecule has 0 fully saturated rings. The Labute approximate surface area is 139 Å². The van der Waals surface area contributed by atoms with E-state index in [1.165, 1.54) is 0 Å². The van der Waals surface area contributed by atoms with Gasteiger partial charge in [0.05, 0.1) is 4.90 Å². The van der Waals surface area contributed by atoms with E-state index in [4.69, 9.17) is 0 Å². The first-order chi connectivity index (χ1) is 11.5. The topological polar surface area (TPSA) is 88.0 Å². The average Bonchev–Trinajstić information content (AvgIpc) is 2.91. The first-order valence-electron chi connectivity index (χ1n) is 7.67. The van der Waals surface area contributed by atoms with Crippen LogP contribution in [0, 0.1) is 5.92 Å². The van der Waals surface area contributed by atoms with Crippen LogP contribution in [0.15, 0.2) is 63.7 Å². The monoisotopic (exact) mass is 341 g/mol. The molecule has 2 atom stereocenters. The number of hydrogen-bond donors (Lipinski definition) is 1. The fraction of sp³-hybridized carbons (Fsp3) is 0.235. The van der Waals surface area contributed by atoms with Crippen molar-refractivity contribution < 1.29 is 13.2 Å². The molecule has 2 unspecified atom stereocenters. The normalized spacial score (nSPS) is 22.1. The Kier molecular flexibility index (Phi) is 3.45. The van der Waals surface area contributed by atoms with Crippen molar-refractivity contribution in [2.24, 2.45) is 16.1 Å². The van der Waals surface area contributed by atoms with E-state index in [1.54, 1.807) is 36.4 Å². The molecule has 122 valence electrons. The Morgan fingerprint density at radius 1 is 1.04 bits per heavy atom. The molecule has 0 saturated carbocycles. The number of anilines is 1. The van der Waals surface area contributed by atoms with Gasteiger partial charge in [-0.05, 0) is 41.8 Å². The minimum atomic E-state index is -3.61. The molecule has 0 radical (unpaired) electrons. The molecule has 24 heavy (non-hydrogen) atoms. The second-order valence-electron chi connectivity index (χ2n) is 6.05. The smallest absolute Gasteiger partial charge is 0.264 e. The van der Waals surface area contributed by atoms with Gasteiger partial charge in [0.15, 0.2) is 0 Å². The molecule has 0 saturated heterocycles. The van der Waals surface area contributed by atoms with Gasteiger partial charge in [0, 0.05) is 18.0 Å². The minimum Gasteiger partial charge on any atom is -0.280 e. The fourth-order valence-corrected chi connectivity index (χ4v) is 4.40. The Morgan fingerprint density at radius 2 is 1.83 bits per heavy atom. The summed E-state index contributed by atoms with van der Waals surface area (Å²) < 4.78 is 27.4. The number of benzene rings is 2. The Morgan fingerprint density at radius 3 is 2.62 bits per heavy atom. The van der Waals surface area contributed by atoms with Crippen LogP contribution in [0.25, 0.3) is 0 Å².